The van der Waals surface area contributed by atoms with Gasteiger partial charge in [0, 0.05) is 25.8 Å². The predicted molar refractivity (Wildman–Crippen MR) is 130 cm³/mol. The van der Waals surface area contributed by atoms with Crippen LogP contribution in [0, 0.1) is 0 Å². The molecule has 0 aliphatic carbocycles. The number of pyridine rings is 2. The van der Waals surface area contributed by atoms with Crippen molar-refractivity contribution in [1.82, 2.24) is 9.55 Å². The fourth-order valence-electron chi connectivity index (χ4n) is 3.34. The first-order valence-corrected chi connectivity index (χ1v) is 11.4. The summed E-state index contributed by atoms with van der Waals surface area (Å²) >= 11 is 19.3. The van der Waals surface area contributed by atoms with E-state index < -0.39 is 6.61 Å². The Morgan fingerprint density at radius 2 is 1.70 bits per heavy atom. The Balaban J connectivity index is 1.89. The zero-order valence-corrected chi connectivity index (χ0v) is 20.0. The highest BCUT2D eigenvalue weighted by Gasteiger charge is 2.20. The summed E-state index contributed by atoms with van der Waals surface area (Å²) in [5, 5.41) is 22.8. The molecule has 0 saturated heterocycles. The fourth-order valence-corrected chi connectivity index (χ4v) is 4.14. The van der Waals surface area contributed by atoms with E-state index in [2.05, 4.69) is 10.3 Å². The molecule has 11 heteroatoms. The van der Waals surface area contributed by atoms with Crippen LogP contribution in [0.2, 0.25) is 15.1 Å². The van der Waals surface area contributed by atoms with Gasteiger partial charge in [-0.15, -0.1) is 0 Å². The van der Waals surface area contributed by atoms with Crippen molar-refractivity contribution < 1.29 is 19.7 Å². The summed E-state index contributed by atoms with van der Waals surface area (Å²) in [5.41, 5.74) is 0.671. The van der Waals surface area contributed by atoms with E-state index in [0.717, 1.165) is 0 Å². The third-order valence-electron chi connectivity index (χ3n) is 4.74. The van der Waals surface area contributed by atoms with Crippen molar-refractivity contribution in [3.8, 4) is 5.69 Å². The Morgan fingerprint density at radius 3 is 2.36 bits per heavy atom. The number of aromatic nitrogens is 2. The number of rotatable bonds is 12. The van der Waals surface area contributed by atoms with Crippen molar-refractivity contribution in [3.63, 3.8) is 0 Å². The minimum Gasteiger partial charge on any atom is -0.394 e. The second kappa shape index (κ2) is 12.5. The van der Waals surface area contributed by atoms with E-state index >= 15 is 0 Å². The molecular weight excluding hydrogens is 493 g/mol. The smallest absolute Gasteiger partial charge is 0.193 e. The molecule has 3 N–H and O–H groups in total. The zero-order chi connectivity index (χ0) is 23.8. The van der Waals surface area contributed by atoms with Gasteiger partial charge in [0.2, 0.25) is 0 Å². The van der Waals surface area contributed by atoms with Crippen LogP contribution in [0.25, 0.3) is 16.6 Å². The number of benzene rings is 1. The van der Waals surface area contributed by atoms with Gasteiger partial charge in [0.05, 0.1) is 70.0 Å². The van der Waals surface area contributed by atoms with Gasteiger partial charge in [-0.1, -0.05) is 40.9 Å². The van der Waals surface area contributed by atoms with Crippen LogP contribution < -0.4 is 10.7 Å². The molecule has 2 heterocycles. The molecule has 8 nitrogen and oxygen atoms in total. The van der Waals surface area contributed by atoms with Crippen LogP contribution in [0.3, 0.4) is 0 Å². The summed E-state index contributed by atoms with van der Waals surface area (Å²) in [7, 11) is 0. The van der Waals surface area contributed by atoms with Crippen LogP contribution in [0.1, 0.15) is 12.1 Å². The number of hydrogen-bond donors (Lipinski definition) is 3. The average molecular weight is 517 g/mol. The van der Waals surface area contributed by atoms with Crippen LogP contribution in [0.4, 0.5) is 5.82 Å². The lowest BCUT2D eigenvalue weighted by molar-refractivity contribution is 0.0661. The van der Waals surface area contributed by atoms with Crippen molar-refractivity contribution in [2.45, 2.75) is 13.0 Å². The quantitative estimate of drug-likeness (QED) is 0.315. The standard InChI is InChI=1S/C22H24Cl3N3O5/c23-15-3-1-4-16(24)20(15)28-14(13-30)11-18(31)19-21(28)17(25)12-27-22(19)26-5-9-32-7-2-8-33-10-6-29/h1,3-4,11-12,29-30H,2,5-10,13H2,(H,26,27). The molecule has 0 atom stereocenters. The first-order valence-electron chi connectivity index (χ1n) is 10.3. The van der Waals surface area contributed by atoms with Crippen LogP contribution in [-0.4, -0.2) is 59.3 Å². The molecule has 3 aromatic rings. The Hall–Kier alpha value is -1.91. The van der Waals surface area contributed by atoms with Gasteiger partial charge in [-0.05, 0) is 18.6 Å². The number of fused-ring (bicyclic) bond motifs is 1. The molecule has 3 rings (SSSR count). The number of nitrogens with zero attached hydrogens (tertiary/aromatic N) is 2. The summed E-state index contributed by atoms with van der Waals surface area (Å²) in [6.45, 7) is 1.67. The summed E-state index contributed by atoms with van der Waals surface area (Å²) in [6, 6.07) is 6.34. The lowest BCUT2D eigenvalue weighted by Crippen LogP contribution is -2.18. The summed E-state index contributed by atoms with van der Waals surface area (Å²) in [6.07, 6.45) is 2.13. The summed E-state index contributed by atoms with van der Waals surface area (Å²) in [5.74, 6) is 0.329. The predicted octanol–water partition coefficient (Wildman–Crippen LogP) is 3.67. The molecular formula is C22H24Cl3N3O5. The van der Waals surface area contributed by atoms with E-state index in [1.807, 2.05) is 0 Å². The summed E-state index contributed by atoms with van der Waals surface area (Å²) < 4.78 is 12.3. The SMILES string of the molecule is O=c1cc(CO)n(-c2c(Cl)cccc2Cl)c2c(Cl)cnc(NCCOCCCOCCO)c12. The first kappa shape index (κ1) is 25.7. The van der Waals surface area contributed by atoms with E-state index in [0.29, 0.717) is 66.5 Å². The molecule has 2 aromatic heterocycles. The highest BCUT2D eigenvalue weighted by molar-refractivity contribution is 6.38. The highest BCUT2D eigenvalue weighted by Crippen LogP contribution is 2.35. The van der Waals surface area contributed by atoms with Gasteiger partial charge in [0.25, 0.3) is 0 Å². The third-order valence-corrected chi connectivity index (χ3v) is 5.62. The number of para-hydroxylation sites is 1. The molecule has 0 fully saturated rings. The normalized spacial score (nSPS) is 11.3. The molecule has 0 saturated carbocycles. The van der Waals surface area contributed by atoms with E-state index in [1.54, 1.807) is 22.8 Å². The number of nitrogens with one attached hydrogen (secondary N) is 1. The first-order chi connectivity index (χ1) is 16.0. The van der Waals surface area contributed by atoms with Gasteiger partial charge in [-0.2, -0.15) is 0 Å². The molecule has 0 aliphatic rings. The molecule has 0 unspecified atom stereocenters. The third kappa shape index (κ3) is 6.16. The molecule has 0 aliphatic heterocycles. The fraction of sp³-hybridized carbons (Fsp3) is 0.364. The van der Waals surface area contributed by atoms with Gasteiger partial charge in [-0.3, -0.25) is 4.79 Å². The van der Waals surface area contributed by atoms with Crippen LogP contribution in [-0.2, 0) is 16.1 Å². The van der Waals surface area contributed by atoms with E-state index in [9.17, 15) is 9.90 Å². The average Bonchev–Trinajstić information content (AvgIpc) is 2.80. The molecule has 0 amide bonds. The van der Waals surface area contributed by atoms with Crippen molar-refractivity contribution >= 4 is 51.5 Å². The molecule has 178 valence electrons. The molecule has 1 aromatic carbocycles. The summed E-state index contributed by atoms with van der Waals surface area (Å²) in [4.78, 5) is 17.2. The highest BCUT2D eigenvalue weighted by atomic mass is 35.5. The van der Waals surface area contributed by atoms with Crippen LogP contribution in [0.5, 0.6) is 0 Å². The molecule has 0 bridgehead atoms. The van der Waals surface area contributed by atoms with Crippen molar-refractivity contribution in [2.24, 2.45) is 0 Å². The monoisotopic (exact) mass is 515 g/mol. The second-order valence-corrected chi connectivity index (χ2v) is 8.19. The van der Waals surface area contributed by atoms with Crippen LogP contribution in [0.15, 0.2) is 35.3 Å². The van der Waals surface area contributed by atoms with Crippen LogP contribution >= 0.6 is 34.8 Å². The lowest BCUT2D eigenvalue weighted by atomic mass is 10.1. The number of aliphatic hydroxyl groups is 2. The number of aliphatic hydroxyl groups excluding tert-OH is 2. The molecule has 0 spiro atoms. The number of halogens is 3. The van der Waals surface area contributed by atoms with Gasteiger partial charge in [0.1, 0.15) is 5.82 Å². The van der Waals surface area contributed by atoms with Crippen molar-refractivity contribution in [2.75, 3.05) is 44.9 Å². The second-order valence-electron chi connectivity index (χ2n) is 6.97. The Morgan fingerprint density at radius 1 is 1.00 bits per heavy atom. The topological polar surface area (TPSA) is 106 Å². The largest absolute Gasteiger partial charge is 0.394 e. The minimum absolute atomic E-state index is 0.00297. The maximum absolute atomic E-state index is 13.0. The van der Waals surface area contributed by atoms with E-state index in [1.165, 1.54) is 12.3 Å². The van der Waals surface area contributed by atoms with Crippen molar-refractivity contribution in [3.05, 3.63) is 61.4 Å². The number of anilines is 1. The molecule has 0 radical (unpaired) electrons. The Kier molecular flexibility index (Phi) is 9.76. The van der Waals surface area contributed by atoms with Gasteiger partial charge in [-0.25, -0.2) is 4.98 Å². The van der Waals surface area contributed by atoms with Gasteiger partial charge >= 0.3 is 0 Å². The van der Waals surface area contributed by atoms with Gasteiger partial charge < -0.3 is 29.6 Å². The number of ether oxygens (including phenoxy) is 2. The van der Waals surface area contributed by atoms with E-state index in [-0.39, 0.29) is 28.1 Å². The molecule has 33 heavy (non-hydrogen) atoms. The van der Waals surface area contributed by atoms with Gasteiger partial charge in [0.15, 0.2) is 5.43 Å². The zero-order valence-electron chi connectivity index (χ0n) is 17.7. The Bertz CT molecular complexity index is 1140. The van der Waals surface area contributed by atoms with Crippen molar-refractivity contribution in [1.29, 1.82) is 0 Å². The number of hydrogen-bond acceptors (Lipinski definition) is 7. The minimum atomic E-state index is -0.427. The Labute approximate surface area is 205 Å². The maximum Gasteiger partial charge on any atom is 0.193 e. The van der Waals surface area contributed by atoms with E-state index in [4.69, 9.17) is 49.4 Å². The lowest BCUT2D eigenvalue weighted by Gasteiger charge is -2.20. The maximum atomic E-state index is 13.0.